The third-order valence-electron chi connectivity index (χ3n) is 6.87. The molecule has 6 heteroatoms. The van der Waals surface area contributed by atoms with E-state index in [1.807, 2.05) is 6.20 Å². The molecule has 0 unspecified atom stereocenters. The van der Waals surface area contributed by atoms with Gasteiger partial charge in [0.1, 0.15) is 11.6 Å². The van der Waals surface area contributed by atoms with Crippen LogP contribution in [0.25, 0.3) is 44.2 Å². The van der Waals surface area contributed by atoms with Gasteiger partial charge in [0.05, 0.1) is 29.0 Å². The third kappa shape index (κ3) is 4.11. The van der Waals surface area contributed by atoms with E-state index >= 15 is 0 Å². The fraction of sp³-hybridized carbons (Fsp3) is 0.286. The summed E-state index contributed by atoms with van der Waals surface area (Å²) in [6.45, 7) is 1.80. The number of rotatable bonds is 7. The number of nitrogens with one attached hydrogen (secondary N) is 3. The zero-order valence-corrected chi connectivity index (χ0v) is 19.3. The third-order valence-corrected chi connectivity index (χ3v) is 6.87. The fourth-order valence-electron chi connectivity index (χ4n) is 4.96. The molecule has 0 spiro atoms. The van der Waals surface area contributed by atoms with Crippen LogP contribution >= 0.6 is 0 Å². The number of imidazole rings is 2. The SMILES string of the molecule is NCCCCc1ncc(-c2ccc3cc(-c4ccc5nc([C@@H]6CCCN6)[nH]c5c4)ccc3c2)[nH]1. The largest absolute Gasteiger partial charge is 0.342 e. The molecule has 6 rings (SSSR count). The van der Waals surface area contributed by atoms with Crippen LogP contribution in [0.15, 0.2) is 60.8 Å². The van der Waals surface area contributed by atoms with Crippen LogP contribution in [0.5, 0.6) is 0 Å². The minimum atomic E-state index is 0.350. The number of hydrogen-bond acceptors (Lipinski definition) is 4. The Balaban J connectivity index is 1.26. The highest BCUT2D eigenvalue weighted by atomic mass is 15.0. The highest BCUT2D eigenvalue weighted by Gasteiger charge is 2.19. The zero-order valence-electron chi connectivity index (χ0n) is 19.3. The van der Waals surface area contributed by atoms with Crippen molar-refractivity contribution >= 4 is 21.8 Å². The average Bonchev–Trinajstić information content (AvgIpc) is 3.64. The number of aryl methyl sites for hydroxylation is 1. The van der Waals surface area contributed by atoms with Crippen LogP contribution in [0, 0.1) is 0 Å². The van der Waals surface area contributed by atoms with E-state index in [4.69, 9.17) is 10.7 Å². The number of nitrogens with two attached hydrogens (primary N) is 1. The van der Waals surface area contributed by atoms with Gasteiger partial charge in [-0.15, -0.1) is 0 Å². The molecule has 34 heavy (non-hydrogen) atoms. The first kappa shape index (κ1) is 21.1. The minimum Gasteiger partial charge on any atom is -0.342 e. The molecule has 0 bridgehead atoms. The lowest BCUT2D eigenvalue weighted by atomic mass is 9.99. The quantitative estimate of drug-likeness (QED) is 0.247. The maximum atomic E-state index is 5.60. The molecular weight excluding hydrogens is 420 g/mol. The lowest BCUT2D eigenvalue weighted by Gasteiger charge is -2.06. The van der Waals surface area contributed by atoms with Crippen molar-refractivity contribution in [1.29, 1.82) is 0 Å². The second kappa shape index (κ2) is 9.05. The maximum absolute atomic E-state index is 5.60. The molecule has 0 radical (unpaired) electrons. The molecular formula is C28H30N6. The molecule has 0 saturated carbocycles. The van der Waals surface area contributed by atoms with Crippen LogP contribution in [0.1, 0.15) is 43.4 Å². The molecule has 6 nitrogen and oxygen atoms in total. The number of fused-ring (bicyclic) bond motifs is 2. The van der Waals surface area contributed by atoms with Crippen molar-refractivity contribution in [1.82, 2.24) is 25.3 Å². The van der Waals surface area contributed by atoms with Gasteiger partial charge in [-0.25, -0.2) is 9.97 Å². The van der Waals surface area contributed by atoms with E-state index in [-0.39, 0.29) is 0 Å². The summed E-state index contributed by atoms with van der Waals surface area (Å²) in [7, 11) is 0. The monoisotopic (exact) mass is 450 g/mol. The first-order valence-corrected chi connectivity index (χ1v) is 12.3. The molecule has 5 N–H and O–H groups in total. The average molecular weight is 451 g/mol. The Kier molecular flexibility index (Phi) is 5.61. The van der Waals surface area contributed by atoms with Gasteiger partial charge in [-0.2, -0.15) is 0 Å². The van der Waals surface area contributed by atoms with Crippen molar-refractivity contribution < 1.29 is 0 Å². The Bertz CT molecular complexity index is 1440. The molecule has 0 aliphatic carbocycles. The fourth-order valence-corrected chi connectivity index (χ4v) is 4.96. The van der Waals surface area contributed by atoms with E-state index < -0.39 is 0 Å². The number of hydrogen-bond donors (Lipinski definition) is 4. The number of unbranched alkanes of at least 4 members (excludes halogenated alkanes) is 1. The van der Waals surface area contributed by atoms with Gasteiger partial charge in [0.25, 0.3) is 0 Å². The van der Waals surface area contributed by atoms with Gasteiger partial charge in [-0.1, -0.05) is 30.3 Å². The Morgan fingerprint density at radius 2 is 1.68 bits per heavy atom. The summed E-state index contributed by atoms with van der Waals surface area (Å²) in [4.78, 5) is 16.4. The minimum absolute atomic E-state index is 0.350. The topological polar surface area (TPSA) is 95.4 Å². The number of H-pyrrole nitrogens is 2. The second-order valence-corrected chi connectivity index (χ2v) is 9.27. The van der Waals surface area contributed by atoms with Crippen LogP contribution in [0.4, 0.5) is 0 Å². The lowest BCUT2D eigenvalue weighted by Crippen LogP contribution is -2.13. The van der Waals surface area contributed by atoms with Gasteiger partial charge in [0.15, 0.2) is 0 Å². The molecule has 1 saturated heterocycles. The molecule has 3 aromatic carbocycles. The Hall–Kier alpha value is -3.48. The van der Waals surface area contributed by atoms with Crippen molar-refractivity contribution in [3.8, 4) is 22.4 Å². The molecule has 5 aromatic rings. The van der Waals surface area contributed by atoms with E-state index in [9.17, 15) is 0 Å². The number of aromatic nitrogens is 4. The molecule has 1 aliphatic rings. The number of benzene rings is 3. The van der Waals surface area contributed by atoms with Crippen molar-refractivity contribution in [2.75, 3.05) is 13.1 Å². The molecule has 172 valence electrons. The summed E-state index contributed by atoms with van der Waals surface area (Å²) in [6, 6.07) is 20.1. The van der Waals surface area contributed by atoms with E-state index in [1.54, 1.807) is 0 Å². The summed E-state index contributed by atoms with van der Waals surface area (Å²) < 4.78 is 0. The Morgan fingerprint density at radius 1 is 0.882 bits per heavy atom. The van der Waals surface area contributed by atoms with Crippen LogP contribution in [-0.4, -0.2) is 33.0 Å². The highest BCUT2D eigenvalue weighted by Crippen LogP contribution is 2.30. The molecule has 1 aliphatic heterocycles. The van der Waals surface area contributed by atoms with Crippen molar-refractivity contribution in [3.63, 3.8) is 0 Å². The second-order valence-electron chi connectivity index (χ2n) is 9.27. The molecule has 1 fully saturated rings. The van der Waals surface area contributed by atoms with Crippen LogP contribution in [0.2, 0.25) is 0 Å². The Labute approximate surface area is 199 Å². The van der Waals surface area contributed by atoms with Gasteiger partial charge in [0, 0.05) is 12.0 Å². The smallest absolute Gasteiger partial charge is 0.124 e. The normalized spacial score (nSPS) is 16.1. The van der Waals surface area contributed by atoms with Gasteiger partial charge in [0.2, 0.25) is 0 Å². The van der Waals surface area contributed by atoms with Crippen LogP contribution < -0.4 is 11.1 Å². The van der Waals surface area contributed by atoms with Crippen LogP contribution in [-0.2, 0) is 6.42 Å². The summed E-state index contributed by atoms with van der Waals surface area (Å²) in [5, 5.41) is 5.97. The Morgan fingerprint density at radius 3 is 2.50 bits per heavy atom. The first-order valence-electron chi connectivity index (χ1n) is 12.3. The van der Waals surface area contributed by atoms with Gasteiger partial charge >= 0.3 is 0 Å². The highest BCUT2D eigenvalue weighted by molar-refractivity contribution is 5.91. The van der Waals surface area contributed by atoms with Gasteiger partial charge < -0.3 is 21.0 Å². The maximum Gasteiger partial charge on any atom is 0.124 e. The summed E-state index contributed by atoms with van der Waals surface area (Å²) in [6.07, 6.45) is 7.32. The van der Waals surface area contributed by atoms with Gasteiger partial charge in [-0.05, 0) is 84.9 Å². The number of aromatic amines is 2. The standard InChI is InChI=1S/C28H30N6/c29-12-2-1-5-27-31-17-26(32-27)22-9-8-18-14-19(6-7-20(18)15-22)21-10-11-23-25(16-21)34-28(33-23)24-4-3-13-30-24/h6-11,14-17,24,30H,1-5,12-13,29H2,(H,31,32)(H,33,34)/t24-/m0/s1. The number of nitrogens with zero attached hydrogens (tertiary/aromatic N) is 2. The summed E-state index contributed by atoms with van der Waals surface area (Å²) in [5.41, 5.74) is 12.3. The van der Waals surface area contributed by atoms with Crippen molar-refractivity contribution in [2.24, 2.45) is 5.73 Å². The molecule has 2 aromatic heterocycles. The zero-order chi connectivity index (χ0) is 22.9. The predicted octanol–water partition coefficient (Wildman–Crippen LogP) is 5.48. The summed E-state index contributed by atoms with van der Waals surface area (Å²) in [5.74, 6) is 2.08. The van der Waals surface area contributed by atoms with E-state index in [0.717, 1.165) is 72.7 Å². The van der Waals surface area contributed by atoms with E-state index in [1.165, 1.54) is 28.3 Å². The lowest BCUT2D eigenvalue weighted by molar-refractivity contribution is 0.614. The summed E-state index contributed by atoms with van der Waals surface area (Å²) >= 11 is 0. The van der Waals surface area contributed by atoms with Crippen molar-refractivity contribution in [2.45, 2.75) is 38.1 Å². The molecule has 3 heterocycles. The molecule has 0 amide bonds. The van der Waals surface area contributed by atoms with E-state index in [2.05, 4.69) is 74.9 Å². The molecule has 1 atom stereocenters. The van der Waals surface area contributed by atoms with Crippen molar-refractivity contribution in [3.05, 3.63) is 72.4 Å². The van der Waals surface area contributed by atoms with Crippen LogP contribution in [0.3, 0.4) is 0 Å². The van der Waals surface area contributed by atoms with Gasteiger partial charge in [-0.3, -0.25) is 0 Å². The van der Waals surface area contributed by atoms with E-state index in [0.29, 0.717) is 6.04 Å². The first-order chi connectivity index (χ1) is 16.8. The predicted molar refractivity (Wildman–Crippen MR) is 139 cm³/mol.